The number of sulfonamides is 1. The van der Waals surface area contributed by atoms with Gasteiger partial charge in [0.2, 0.25) is 15.8 Å². The van der Waals surface area contributed by atoms with Crippen molar-refractivity contribution in [1.29, 1.82) is 0 Å². The zero-order valence-corrected chi connectivity index (χ0v) is 17.0. The number of ketones is 1. The van der Waals surface area contributed by atoms with Crippen LogP contribution in [0.4, 0.5) is 8.78 Å². The lowest BCUT2D eigenvalue weighted by atomic mass is 9.98. The molecular formula is C22H15F2N3O4S. The molecule has 0 saturated heterocycles. The minimum absolute atomic E-state index is 0.0700. The van der Waals surface area contributed by atoms with Crippen molar-refractivity contribution in [2.24, 2.45) is 5.14 Å². The number of carbonyl (C=O) groups is 1. The molecule has 4 aromatic rings. The molecule has 4 N–H and O–H groups in total. The number of benzene rings is 3. The van der Waals surface area contributed by atoms with Gasteiger partial charge >= 0.3 is 0 Å². The lowest BCUT2D eigenvalue weighted by molar-refractivity contribution is 0.105. The molecule has 0 spiro atoms. The SMILES string of the molecule is NS(=O)(=O)c1cccc(C(=O)C(=C(O)c2cc(F)cc(F)c2)c2nc3ccccc3[nH]2)c1. The van der Waals surface area contributed by atoms with E-state index >= 15 is 0 Å². The highest BCUT2D eigenvalue weighted by Crippen LogP contribution is 2.29. The van der Waals surface area contributed by atoms with Crippen LogP contribution < -0.4 is 5.14 Å². The van der Waals surface area contributed by atoms with E-state index in [0.29, 0.717) is 17.1 Å². The molecular weight excluding hydrogens is 440 g/mol. The molecule has 0 aliphatic rings. The van der Waals surface area contributed by atoms with E-state index in [9.17, 15) is 27.1 Å². The van der Waals surface area contributed by atoms with Gasteiger partial charge in [-0.2, -0.15) is 0 Å². The maximum absolute atomic E-state index is 13.8. The molecule has 0 fully saturated rings. The fraction of sp³-hybridized carbons (Fsp3) is 0. The third-order valence-corrected chi connectivity index (χ3v) is 5.56. The lowest BCUT2D eigenvalue weighted by Gasteiger charge is -2.10. The number of nitrogens with one attached hydrogen (secondary N) is 1. The molecule has 0 amide bonds. The van der Waals surface area contributed by atoms with Gasteiger partial charge in [0.15, 0.2) is 0 Å². The molecule has 3 aromatic carbocycles. The van der Waals surface area contributed by atoms with Crippen molar-refractivity contribution in [2.45, 2.75) is 4.90 Å². The van der Waals surface area contributed by atoms with Gasteiger partial charge in [-0.3, -0.25) is 4.79 Å². The van der Waals surface area contributed by atoms with Crippen molar-refractivity contribution < 1.29 is 27.1 Å². The Bertz CT molecular complexity index is 1460. The molecule has 162 valence electrons. The average molecular weight is 455 g/mol. The first-order valence-corrected chi connectivity index (χ1v) is 10.7. The van der Waals surface area contributed by atoms with E-state index in [1.807, 2.05) is 0 Å². The standard InChI is InChI=1S/C22H15F2N3O4S/c23-14-8-13(9-15(24)11-14)21(29)19(22-26-17-6-1-2-7-18(17)27-22)20(28)12-4-3-5-16(10-12)32(25,30)31/h1-11,29H,(H,26,27)(H2,25,30,31). The molecule has 4 rings (SSSR count). The van der Waals surface area contributed by atoms with Gasteiger partial charge < -0.3 is 10.1 Å². The molecule has 0 radical (unpaired) electrons. The third kappa shape index (κ3) is 4.13. The highest BCUT2D eigenvalue weighted by atomic mass is 32.2. The summed E-state index contributed by atoms with van der Waals surface area (Å²) in [6.07, 6.45) is 0. The van der Waals surface area contributed by atoms with Gasteiger partial charge in [-0.1, -0.05) is 24.3 Å². The smallest absolute Gasteiger partial charge is 0.238 e. The summed E-state index contributed by atoms with van der Waals surface area (Å²) in [5.74, 6) is -3.57. The van der Waals surface area contributed by atoms with Gasteiger partial charge in [0.25, 0.3) is 0 Å². The van der Waals surface area contributed by atoms with Crippen LogP contribution in [0.1, 0.15) is 21.7 Å². The number of fused-ring (bicyclic) bond motifs is 1. The number of aromatic nitrogens is 2. The summed E-state index contributed by atoms with van der Waals surface area (Å²) in [5.41, 5.74) is 0.190. The molecule has 0 aliphatic heterocycles. The molecule has 0 unspecified atom stereocenters. The first-order chi connectivity index (χ1) is 15.1. The summed E-state index contributed by atoms with van der Waals surface area (Å²) in [6, 6.07) is 14.0. The molecule has 0 saturated carbocycles. The maximum Gasteiger partial charge on any atom is 0.238 e. The van der Waals surface area contributed by atoms with Crippen LogP contribution in [0.25, 0.3) is 22.4 Å². The zero-order chi connectivity index (χ0) is 23.0. The van der Waals surface area contributed by atoms with Gasteiger partial charge in [-0.25, -0.2) is 27.3 Å². The summed E-state index contributed by atoms with van der Waals surface area (Å²) in [5, 5.41) is 16.0. The highest BCUT2D eigenvalue weighted by molar-refractivity contribution is 7.89. The average Bonchev–Trinajstić information content (AvgIpc) is 3.16. The molecule has 32 heavy (non-hydrogen) atoms. The Hall–Kier alpha value is -3.89. The summed E-state index contributed by atoms with van der Waals surface area (Å²) in [4.78, 5) is 20.3. The number of para-hydroxylation sites is 2. The first kappa shape index (κ1) is 21.3. The van der Waals surface area contributed by atoms with Crippen molar-refractivity contribution in [3.8, 4) is 0 Å². The van der Waals surface area contributed by atoms with Crippen molar-refractivity contribution in [3.05, 3.63) is 95.3 Å². The number of rotatable bonds is 5. The fourth-order valence-corrected chi connectivity index (χ4v) is 3.75. The van der Waals surface area contributed by atoms with Crippen molar-refractivity contribution in [3.63, 3.8) is 0 Å². The Labute approximate surface area is 180 Å². The lowest BCUT2D eigenvalue weighted by Crippen LogP contribution is -2.14. The van der Waals surface area contributed by atoms with E-state index in [2.05, 4.69) is 9.97 Å². The number of Topliss-reactive ketones (excluding diaryl/α,β-unsaturated/α-hetero) is 1. The number of nitrogens with two attached hydrogens (primary N) is 1. The number of hydrogen-bond acceptors (Lipinski definition) is 5. The molecule has 0 bridgehead atoms. The number of aromatic amines is 1. The van der Waals surface area contributed by atoms with Crippen LogP contribution >= 0.6 is 0 Å². The van der Waals surface area contributed by atoms with Gasteiger partial charge in [-0.15, -0.1) is 0 Å². The number of primary sulfonamides is 1. The minimum atomic E-state index is -4.11. The largest absolute Gasteiger partial charge is 0.506 e. The molecule has 10 heteroatoms. The molecule has 7 nitrogen and oxygen atoms in total. The van der Waals surface area contributed by atoms with E-state index in [-0.39, 0.29) is 21.8 Å². The van der Waals surface area contributed by atoms with Crippen LogP contribution in [0.5, 0.6) is 0 Å². The quantitative estimate of drug-likeness (QED) is 0.240. The number of aliphatic hydroxyl groups is 1. The third-order valence-electron chi connectivity index (χ3n) is 4.65. The number of H-pyrrole nitrogens is 1. The van der Waals surface area contributed by atoms with E-state index in [1.165, 1.54) is 18.2 Å². The second kappa shape index (κ2) is 7.98. The zero-order valence-electron chi connectivity index (χ0n) is 16.2. The number of halogens is 2. The van der Waals surface area contributed by atoms with Crippen LogP contribution in [0, 0.1) is 11.6 Å². The summed E-state index contributed by atoms with van der Waals surface area (Å²) < 4.78 is 50.9. The van der Waals surface area contributed by atoms with Crippen LogP contribution in [-0.2, 0) is 10.0 Å². The molecule has 1 aromatic heterocycles. The van der Waals surface area contributed by atoms with E-state index in [0.717, 1.165) is 18.2 Å². The Morgan fingerprint density at radius 3 is 2.28 bits per heavy atom. The monoisotopic (exact) mass is 455 g/mol. The van der Waals surface area contributed by atoms with Crippen LogP contribution in [-0.4, -0.2) is 29.3 Å². The minimum Gasteiger partial charge on any atom is -0.506 e. The predicted molar refractivity (Wildman–Crippen MR) is 114 cm³/mol. The number of hydrogen-bond donors (Lipinski definition) is 3. The van der Waals surface area contributed by atoms with Crippen LogP contribution in [0.2, 0.25) is 0 Å². The second-order valence-electron chi connectivity index (χ2n) is 6.89. The van der Waals surface area contributed by atoms with E-state index < -0.39 is 38.8 Å². The number of aliphatic hydroxyl groups excluding tert-OH is 1. The van der Waals surface area contributed by atoms with Crippen molar-refractivity contribution in [1.82, 2.24) is 9.97 Å². The Kier molecular flexibility index (Phi) is 5.33. The number of imidazole rings is 1. The Morgan fingerprint density at radius 2 is 1.62 bits per heavy atom. The number of carbonyl (C=O) groups excluding carboxylic acids is 1. The first-order valence-electron chi connectivity index (χ1n) is 9.16. The van der Waals surface area contributed by atoms with E-state index in [1.54, 1.807) is 24.3 Å². The number of nitrogens with zero attached hydrogens (tertiary/aromatic N) is 1. The van der Waals surface area contributed by atoms with Crippen molar-refractivity contribution >= 4 is 38.2 Å². The second-order valence-corrected chi connectivity index (χ2v) is 8.45. The van der Waals surface area contributed by atoms with Crippen molar-refractivity contribution in [2.75, 3.05) is 0 Å². The topological polar surface area (TPSA) is 126 Å². The number of allylic oxidation sites excluding steroid dienone is 1. The van der Waals surface area contributed by atoms with Gasteiger partial charge in [0.1, 0.15) is 28.8 Å². The summed E-state index contributed by atoms with van der Waals surface area (Å²) in [6.45, 7) is 0. The van der Waals surface area contributed by atoms with Crippen LogP contribution in [0.3, 0.4) is 0 Å². The molecule has 0 atom stereocenters. The molecule has 1 heterocycles. The maximum atomic E-state index is 13.8. The Morgan fingerprint density at radius 1 is 0.938 bits per heavy atom. The summed E-state index contributed by atoms with van der Waals surface area (Å²) >= 11 is 0. The summed E-state index contributed by atoms with van der Waals surface area (Å²) in [7, 11) is -4.11. The van der Waals surface area contributed by atoms with Gasteiger partial charge in [-0.05, 0) is 36.4 Å². The highest BCUT2D eigenvalue weighted by Gasteiger charge is 2.25. The normalized spacial score (nSPS) is 12.6. The Balaban J connectivity index is 1.96. The predicted octanol–water partition coefficient (Wildman–Crippen LogP) is 3.80. The molecule has 0 aliphatic carbocycles. The van der Waals surface area contributed by atoms with Crippen LogP contribution in [0.15, 0.2) is 71.6 Å². The fourth-order valence-electron chi connectivity index (χ4n) is 3.19. The van der Waals surface area contributed by atoms with E-state index in [4.69, 9.17) is 5.14 Å². The van der Waals surface area contributed by atoms with Gasteiger partial charge in [0, 0.05) is 17.2 Å². The van der Waals surface area contributed by atoms with Gasteiger partial charge in [0.05, 0.1) is 15.9 Å².